The Balaban J connectivity index is 1.96. The first-order valence-electron chi connectivity index (χ1n) is 7.43. The van der Waals surface area contributed by atoms with Crippen molar-refractivity contribution in [3.8, 4) is 6.07 Å². The third-order valence-corrected chi connectivity index (χ3v) is 5.73. The third-order valence-electron chi connectivity index (χ3n) is 5.73. The van der Waals surface area contributed by atoms with Gasteiger partial charge >= 0.3 is 0 Å². The molecule has 0 heterocycles. The second-order valence-corrected chi connectivity index (χ2v) is 7.42. The normalized spacial score (nSPS) is 33.0. The number of nitriles is 1. The minimum absolute atomic E-state index is 0.00830. The van der Waals surface area contributed by atoms with Crippen molar-refractivity contribution in [1.29, 1.82) is 5.26 Å². The summed E-state index contributed by atoms with van der Waals surface area (Å²) in [6.45, 7) is 6.57. The molecule has 2 saturated carbocycles. The smallest absolute Gasteiger partial charge is 0.150 e. The van der Waals surface area contributed by atoms with Crippen LogP contribution in [-0.2, 0) is 0 Å². The molecule has 0 spiro atoms. The summed E-state index contributed by atoms with van der Waals surface area (Å²) < 4.78 is 28.2. The Hall–Kier alpha value is -1.63. The van der Waals surface area contributed by atoms with E-state index in [1.165, 1.54) is 6.42 Å². The summed E-state index contributed by atoms with van der Waals surface area (Å²) in [5.41, 5.74) is 0.00981. The van der Waals surface area contributed by atoms with E-state index in [1.807, 2.05) is 0 Å². The molecule has 2 fully saturated rings. The predicted octanol–water partition coefficient (Wildman–Crippen LogP) is 4.46. The number of nitrogens with one attached hydrogen (secondary N) is 1. The number of nitrogens with zero attached hydrogens (tertiary/aromatic N) is 1. The fourth-order valence-corrected chi connectivity index (χ4v) is 4.58. The Morgan fingerprint density at radius 3 is 2.33 bits per heavy atom. The molecule has 0 amide bonds. The van der Waals surface area contributed by atoms with E-state index in [1.54, 1.807) is 6.07 Å². The molecule has 3 rings (SSSR count). The van der Waals surface area contributed by atoms with Gasteiger partial charge in [0.05, 0.1) is 11.6 Å². The van der Waals surface area contributed by atoms with Crippen LogP contribution in [0.25, 0.3) is 0 Å². The van der Waals surface area contributed by atoms with Crippen molar-refractivity contribution in [1.82, 2.24) is 0 Å². The van der Waals surface area contributed by atoms with Crippen molar-refractivity contribution < 1.29 is 8.78 Å². The van der Waals surface area contributed by atoms with Crippen LogP contribution in [0.1, 0.15) is 45.6 Å². The van der Waals surface area contributed by atoms with Crippen LogP contribution in [0, 0.1) is 39.7 Å². The van der Waals surface area contributed by atoms with E-state index < -0.39 is 11.6 Å². The fourth-order valence-electron chi connectivity index (χ4n) is 4.58. The topological polar surface area (TPSA) is 35.8 Å². The van der Waals surface area contributed by atoms with Gasteiger partial charge in [-0.3, -0.25) is 0 Å². The number of fused-ring (bicyclic) bond motifs is 2. The van der Waals surface area contributed by atoms with Crippen molar-refractivity contribution >= 4 is 5.69 Å². The number of benzene rings is 1. The predicted molar refractivity (Wildman–Crippen MR) is 77.7 cm³/mol. The maximum absolute atomic E-state index is 14.1. The Bertz CT molecular complexity index is 604. The number of anilines is 1. The van der Waals surface area contributed by atoms with Crippen molar-refractivity contribution in [2.24, 2.45) is 16.7 Å². The highest BCUT2D eigenvalue weighted by Gasteiger charge is 2.59. The molecule has 2 bridgehead atoms. The molecule has 1 N–H and O–H groups in total. The van der Waals surface area contributed by atoms with Gasteiger partial charge in [0.1, 0.15) is 5.69 Å². The lowest BCUT2D eigenvalue weighted by Crippen LogP contribution is -2.46. The van der Waals surface area contributed by atoms with Gasteiger partial charge in [0, 0.05) is 6.04 Å². The standard InChI is InChI=1S/C17H20F2N2/c1-16(2)11-4-5-17(3,8-11)15(16)21-14-12(18)6-10(9-20)7-13(14)19/h6-7,11,15,21H,4-5,8H2,1-3H3. The highest BCUT2D eigenvalue weighted by molar-refractivity contribution is 5.52. The van der Waals surface area contributed by atoms with Crippen LogP contribution >= 0.6 is 0 Å². The van der Waals surface area contributed by atoms with Gasteiger partial charge in [0.25, 0.3) is 0 Å². The zero-order valence-electron chi connectivity index (χ0n) is 12.6. The van der Waals surface area contributed by atoms with Gasteiger partial charge in [0.2, 0.25) is 0 Å². The molecule has 21 heavy (non-hydrogen) atoms. The molecule has 0 aromatic heterocycles. The van der Waals surface area contributed by atoms with E-state index in [4.69, 9.17) is 5.26 Å². The minimum atomic E-state index is -0.686. The summed E-state index contributed by atoms with van der Waals surface area (Å²) in [4.78, 5) is 0. The average molecular weight is 290 g/mol. The Morgan fingerprint density at radius 1 is 1.24 bits per heavy atom. The number of hydrogen-bond acceptors (Lipinski definition) is 2. The van der Waals surface area contributed by atoms with Crippen molar-refractivity contribution in [3.63, 3.8) is 0 Å². The molecule has 4 heteroatoms. The molecule has 2 aliphatic rings. The summed E-state index contributed by atoms with van der Waals surface area (Å²) in [5.74, 6) is -0.771. The maximum atomic E-state index is 14.1. The lowest BCUT2D eigenvalue weighted by molar-refractivity contribution is 0.155. The summed E-state index contributed by atoms with van der Waals surface area (Å²) >= 11 is 0. The average Bonchev–Trinajstić information content (AvgIpc) is 2.87. The number of hydrogen-bond donors (Lipinski definition) is 1. The fraction of sp³-hybridized carbons (Fsp3) is 0.588. The van der Waals surface area contributed by atoms with E-state index in [0.29, 0.717) is 5.92 Å². The lowest BCUT2D eigenvalue weighted by Gasteiger charge is -2.43. The van der Waals surface area contributed by atoms with Crippen molar-refractivity contribution in [2.75, 3.05) is 5.32 Å². The van der Waals surface area contributed by atoms with E-state index in [0.717, 1.165) is 25.0 Å². The van der Waals surface area contributed by atoms with Crippen LogP contribution in [-0.4, -0.2) is 6.04 Å². The Labute approximate surface area is 124 Å². The molecule has 0 radical (unpaired) electrons. The van der Waals surface area contributed by atoms with Gasteiger partial charge in [-0.25, -0.2) is 8.78 Å². The van der Waals surface area contributed by atoms with E-state index >= 15 is 0 Å². The lowest BCUT2D eigenvalue weighted by atomic mass is 9.68. The van der Waals surface area contributed by atoms with Gasteiger partial charge in [-0.05, 0) is 48.1 Å². The minimum Gasteiger partial charge on any atom is -0.376 e. The van der Waals surface area contributed by atoms with Crippen LogP contribution in [0.2, 0.25) is 0 Å². The number of halogens is 2. The van der Waals surface area contributed by atoms with Crippen LogP contribution in [0.4, 0.5) is 14.5 Å². The molecule has 1 aromatic carbocycles. The highest BCUT2D eigenvalue weighted by atomic mass is 19.1. The highest BCUT2D eigenvalue weighted by Crippen LogP contribution is 2.63. The summed E-state index contributed by atoms with van der Waals surface area (Å²) in [5, 5.41) is 11.9. The summed E-state index contributed by atoms with van der Waals surface area (Å²) in [6, 6.07) is 4.00. The Kier molecular flexibility index (Phi) is 3.02. The third kappa shape index (κ3) is 2.02. The molecule has 0 aliphatic heterocycles. The van der Waals surface area contributed by atoms with Crippen LogP contribution in [0.5, 0.6) is 0 Å². The van der Waals surface area contributed by atoms with Crippen LogP contribution < -0.4 is 5.32 Å². The first-order valence-corrected chi connectivity index (χ1v) is 7.43. The molecule has 2 nitrogen and oxygen atoms in total. The van der Waals surface area contributed by atoms with Crippen LogP contribution in [0.15, 0.2) is 12.1 Å². The molecule has 0 saturated heterocycles. The zero-order valence-corrected chi connectivity index (χ0v) is 12.6. The molecular formula is C17H20F2N2. The van der Waals surface area contributed by atoms with Gasteiger partial charge in [0.15, 0.2) is 11.6 Å². The summed E-state index contributed by atoms with van der Waals surface area (Å²) in [7, 11) is 0. The largest absolute Gasteiger partial charge is 0.376 e. The SMILES string of the molecule is CC12CCC(C1)C(C)(C)C2Nc1c(F)cc(C#N)cc1F. The van der Waals surface area contributed by atoms with E-state index in [-0.39, 0.29) is 28.1 Å². The first-order chi connectivity index (χ1) is 9.78. The quantitative estimate of drug-likeness (QED) is 0.872. The molecule has 112 valence electrons. The number of rotatable bonds is 2. The monoisotopic (exact) mass is 290 g/mol. The zero-order chi connectivity index (χ0) is 15.4. The second-order valence-electron chi connectivity index (χ2n) is 7.42. The molecule has 3 atom stereocenters. The molecule has 3 unspecified atom stereocenters. The van der Waals surface area contributed by atoms with Crippen molar-refractivity contribution in [3.05, 3.63) is 29.3 Å². The first kappa shape index (κ1) is 14.3. The molecular weight excluding hydrogens is 270 g/mol. The van der Waals surface area contributed by atoms with Gasteiger partial charge < -0.3 is 5.32 Å². The Morgan fingerprint density at radius 2 is 1.86 bits per heavy atom. The van der Waals surface area contributed by atoms with Gasteiger partial charge in [-0.2, -0.15) is 5.26 Å². The second kappa shape index (κ2) is 4.43. The van der Waals surface area contributed by atoms with Crippen molar-refractivity contribution in [2.45, 2.75) is 46.1 Å². The van der Waals surface area contributed by atoms with Gasteiger partial charge in [-0.1, -0.05) is 20.8 Å². The molecule has 1 aromatic rings. The van der Waals surface area contributed by atoms with E-state index in [9.17, 15) is 8.78 Å². The van der Waals surface area contributed by atoms with Crippen LogP contribution in [0.3, 0.4) is 0 Å². The van der Waals surface area contributed by atoms with E-state index in [2.05, 4.69) is 26.1 Å². The maximum Gasteiger partial charge on any atom is 0.150 e. The summed E-state index contributed by atoms with van der Waals surface area (Å²) in [6.07, 6.45) is 3.40. The van der Waals surface area contributed by atoms with Gasteiger partial charge in [-0.15, -0.1) is 0 Å². The molecule has 2 aliphatic carbocycles.